The molecule has 0 radical (unpaired) electrons. The minimum atomic E-state index is -2.44. The van der Waals surface area contributed by atoms with Crippen LogP contribution >= 0.6 is 0 Å². The number of nitrogens with one attached hydrogen (secondary N) is 1. The van der Waals surface area contributed by atoms with E-state index >= 15 is 0 Å². The van der Waals surface area contributed by atoms with Crippen molar-refractivity contribution in [3.8, 4) is 0 Å². The Morgan fingerprint density at radius 3 is 2.19 bits per heavy atom. The average Bonchev–Trinajstić information content (AvgIpc) is 2.17. The van der Waals surface area contributed by atoms with Gasteiger partial charge in [0.2, 0.25) is 5.92 Å². The van der Waals surface area contributed by atoms with Crippen LogP contribution in [-0.4, -0.2) is 12.0 Å². The molecule has 1 fully saturated rings. The maximum Gasteiger partial charge on any atom is 0.248 e. The Morgan fingerprint density at radius 1 is 1.25 bits per heavy atom. The zero-order valence-corrected chi connectivity index (χ0v) is 10.5. The molecular weight excluding hydrogens is 208 g/mol. The second kappa shape index (κ2) is 5.15. The topological polar surface area (TPSA) is 12.0 Å². The SMILES string of the molecule is C=C(N[C@H](C)C(C)C)C1CCC(F)(F)CC1. The molecule has 0 amide bonds. The van der Waals surface area contributed by atoms with Gasteiger partial charge in [-0.2, -0.15) is 0 Å². The molecule has 0 aromatic heterocycles. The van der Waals surface area contributed by atoms with E-state index in [1.807, 2.05) is 0 Å². The normalized spacial score (nSPS) is 23.1. The molecule has 0 unspecified atom stereocenters. The Morgan fingerprint density at radius 2 is 1.75 bits per heavy atom. The summed E-state index contributed by atoms with van der Waals surface area (Å²) in [6.07, 6.45) is 1.14. The van der Waals surface area contributed by atoms with Crippen molar-refractivity contribution in [3.63, 3.8) is 0 Å². The van der Waals surface area contributed by atoms with Gasteiger partial charge in [-0.25, -0.2) is 8.78 Å². The molecule has 0 aromatic carbocycles. The van der Waals surface area contributed by atoms with Gasteiger partial charge in [0.1, 0.15) is 0 Å². The summed E-state index contributed by atoms with van der Waals surface area (Å²) in [5.74, 6) is -1.69. The van der Waals surface area contributed by atoms with Gasteiger partial charge in [-0.1, -0.05) is 20.4 Å². The molecule has 1 aliphatic carbocycles. The van der Waals surface area contributed by atoms with Gasteiger partial charge in [-0.15, -0.1) is 0 Å². The predicted molar refractivity (Wildman–Crippen MR) is 63.5 cm³/mol. The average molecular weight is 231 g/mol. The Hall–Kier alpha value is -0.600. The number of alkyl halides is 2. The fraction of sp³-hybridized carbons (Fsp3) is 0.846. The van der Waals surface area contributed by atoms with Crippen LogP contribution in [0.4, 0.5) is 8.78 Å². The van der Waals surface area contributed by atoms with Crippen LogP contribution in [0.1, 0.15) is 46.5 Å². The fourth-order valence-corrected chi connectivity index (χ4v) is 1.97. The van der Waals surface area contributed by atoms with E-state index in [-0.39, 0.29) is 18.8 Å². The number of allylic oxidation sites excluding steroid dienone is 1. The van der Waals surface area contributed by atoms with Gasteiger partial charge in [-0.3, -0.25) is 0 Å². The van der Waals surface area contributed by atoms with Gasteiger partial charge in [0, 0.05) is 24.6 Å². The first-order valence-corrected chi connectivity index (χ1v) is 6.15. The summed E-state index contributed by atoms with van der Waals surface area (Å²) in [6, 6.07) is 0.356. The molecular formula is C13H23F2N. The summed E-state index contributed by atoms with van der Waals surface area (Å²) in [7, 11) is 0. The lowest BCUT2D eigenvalue weighted by Gasteiger charge is -2.32. The molecule has 1 rings (SSSR count). The standard InChI is InChI=1S/C13H23F2N/c1-9(2)10(3)16-11(4)12-5-7-13(14,15)8-6-12/h9-10,12,16H,4-8H2,1-3H3/t10-/m1/s1. The number of hydrogen-bond donors (Lipinski definition) is 1. The molecule has 1 nitrogen and oxygen atoms in total. The van der Waals surface area contributed by atoms with Crippen molar-refractivity contribution in [2.24, 2.45) is 11.8 Å². The molecule has 0 aliphatic heterocycles. The zero-order chi connectivity index (χ0) is 12.3. The molecule has 1 atom stereocenters. The summed E-state index contributed by atoms with van der Waals surface area (Å²) < 4.78 is 26.0. The number of hydrogen-bond acceptors (Lipinski definition) is 1. The van der Waals surface area contributed by atoms with Gasteiger partial charge in [0.15, 0.2) is 0 Å². The van der Waals surface area contributed by atoms with E-state index in [1.165, 1.54) is 0 Å². The van der Waals surface area contributed by atoms with Gasteiger partial charge < -0.3 is 5.32 Å². The highest BCUT2D eigenvalue weighted by Gasteiger charge is 2.35. The molecule has 3 heteroatoms. The summed E-state index contributed by atoms with van der Waals surface area (Å²) in [6.45, 7) is 10.4. The molecule has 16 heavy (non-hydrogen) atoms. The molecule has 1 aliphatic rings. The highest BCUT2D eigenvalue weighted by atomic mass is 19.3. The molecule has 0 bridgehead atoms. The predicted octanol–water partition coefficient (Wildman–Crippen LogP) is 3.96. The highest BCUT2D eigenvalue weighted by molar-refractivity contribution is 5.02. The third-order valence-corrected chi connectivity index (χ3v) is 3.62. The molecule has 0 aromatic rings. The number of halogens is 2. The van der Waals surface area contributed by atoms with E-state index in [2.05, 4.69) is 32.7 Å². The highest BCUT2D eigenvalue weighted by Crippen LogP contribution is 2.38. The molecule has 0 saturated heterocycles. The Bertz CT molecular complexity index is 238. The van der Waals surface area contributed by atoms with Crippen LogP contribution in [0, 0.1) is 11.8 Å². The first kappa shape index (κ1) is 13.5. The van der Waals surface area contributed by atoms with Crippen LogP contribution in [-0.2, 0) is 0 Å². The van der Waals surface area contributed by atoms with Crippen LogP contribution in [0.5, 0.6) is 0 Å². The van der Waals surface area contributed by atoms with Crippen molar-refractivity contribution in [3.05, 3.63) is 12.3 Å². The lowest BCUT2D eigenvalue weighted by Crippen LogP contribution is -2.35. The summed E-state index contributed by atoms with van der Waals surface area (Å²) in [5, 5.41) is 3.34. The van der Waals surface area contributed by atoms with E-state index in [1.54, 1.807) is 0 Å². The Balaban J connectivity index is 2.39. The lowest BCUT2D eigenvalue weighted by atomic mass is 9.84. The second-order valence-corrected chi connectivity index (χ2v) is 5.33. The van der Waals surface area contributed by atoms with Crippen LogP contribution in [0.3, 0.4) is 0 Å². The number of rotatable bonds is 4. The van der Waals surface area contributed by atoms with Crippen molar-refractivity contribution < 1.29 is 8.78 Å². The van der Waals surface area contributed by atoms with Crippen molar-refractivity contribution in [1.29, 1.82) is 0 Å². The summed E-state index contributed by atoms with van der Waals surface area (Å²) in [5.41, 5.74) is 0.941. The van der Waals surface area contributed by atoms with E-state index in [0.717, 1.165) is 5.70 Å². The van der Waals surface area contributed by atoms with Crippen LogP contribution in [0.15, 0.2) is 12.3 Å². The second-order valence-electron chi connectivity index (χ2n) is 5.33. The van der Waals surface area contributed by atoms with Gasteiger partial charge in [0.05, 0.1) is 0 Å². The Kier molecular flexibility index (Phi) is 4.34. The summed E-state index contributed by atoms with van der Waals surface area (Å²) in [4.78, 5) is 0. The molecule has 1 N–H and O–H groups in total. The lowest BCUT2D eigenvalue weighted by molar-refractivity contribution is -0.0427. The van der Waals surface area contributed by atoms with Crippen molar-refractivity contribution in [2.75, 3.05) is 0 Å². The minimum Gasteiger partial charge on any atom is -0.386 e. The fourth-order valence-electron chi connectivity index (χ4n) is 1.97. The van der Waals surface area contributed by atoms with Gasteiger partial charge in [-0.05, 0) is 31.6 Å². The van der Waals surface area contributed by atoms with Crippen LogP contribution < -0.4 is 5.32 Å². The largest absolute Gasteiger partial charge is 0.386 e. The zero-order valence-electron chi connectivity index (χ0n) is 10.5. The van der Waals surface area contributed by atoms with Gasteiger partial charge in [0.25, 0.3) is 0 Å². The quantitative estimate of drug-likeness (QED) is 0.772. The molecule has 0 heterocycles. The third kappa shape index (κ3) is 3.76. The molecule has 0 spiro atoms. The van der Waals surface area contributed by atoms with E-state index < -0.39 is 5.92 Å². The van der Waals surface area contributed by atoms with E-state index in [0.29, 0.717) is 24.8 Å². The minimum absolute atomic E-state index is 0.00836. The third-order valence-electron chi connectivity index (χ3n) is 3.62. The van der Waals surface area contributed by atoms with Gasteiger partial charge >= 0.3 is 0 Å². The van der Waals surface area contributed by atoms with Crippen molar-refractivity contribution >= 4 is 0 Å². The van der Waals surface area contributed by atoms with E-state index in [4.69, 9.17) is 0 Å². The van der Waals surface area contributed by atoms with Crippen LogP contribution in [0.2, 0.25) is 0 Å². The first-order valence-electron chi connectivity index (χ1n) is 6.15. The van der Waals surface area contributed by atoms with Crippen molar-refractivity contribution in [1.82, 2.24) is 5.32 Å². The summed E-state index contributed by atoms with van der Waals surface area (Å²) >= 11 is 0. The smallest absolute Gasteiger partial charge is 0.248 e. The van der Waals surface area contributed by atoms with Crippen LogP contribution in [0.25, 0.3) is 0 Å². The maximum absolute atomic E-state index is 13.0. The Labute approximate surface area is 97.3 Å². The van der Waals surface area contributed by atoms with E-state index in [9.17, 15) is 8.78 Å². The maximum atomic E-state index is 13.0. The molecule has 94 valence electrons. The molecule has 1 saturated carbocycles. The first-order chi connectivity index (χ1) is 7.32. The van der Waals surface area contributed by atoms with Crippen molar-refractivity contribution in [2.45, 2.75) is 58.4 Å². The monoisotopic (exact) mass is 231 g/mol.